The number of rotatable bonds is 4. The minimum atomic E-state index is -0.197. The summed E-state index contributed by atoms with van der Waals surface area (Å²) in [6.07, 6.45) is 0.0706. The van der Waals surface area contributed by atoms with Crippen molar-refractivity contribution in [2.24, 2.45) is 14.1 Å². The number of hydrogen-bond donors (Lipinski definition) is 1. The second-order valence-corrected chi connectivity index (χ2v) is 7.71. The Morgan fingerprint density at radius 1 is 0.906 bits per heavy atom. The number of imidazole rings is 1. The molecule has 2 aromatic heterocycles. The first kappa shape index (κ1) is 19.7. The number of fused-ring (bicyclic) bond motifs is 2. The Labute approximate surface area is 183 Å². The lowest BCUT2D eigenvalue weighted by atomic mass is 10.1. The molecule has 0 fully saturated rings. The van der Waals surface area contributed by atoms with Crippen molar-refractivity contribution in [2.75, 3.05) is 5.32 Å². The van der Waals surface area contributed by atoms with Gasteiger partial charge in [-0.2, -0.15) is 5.10 Å². The summed E-state index contributed by atoms with van der Waals surface area (Å²) in [4.78, 5) is 29.7. The van der Waals surface area contributed by atoms with Crippen molar-refractivity contribution in [3.05, 3.63) is 88.8 Å². The first-order valence-corrected chi connectivity index (χ1v) is 10.3. The van der Waals surface area contributed by atoms with Gasteiger partial charge in [0.2, 0.25) is 5.91 Å². The molecule has 0 aliphatic rings. The van der Waals surface area contributed by atoms with Gasteiger partial charge in [-0.25, -0.2) is 9.67 Å². The van der Waals surface area contributed by atoms with Crippen LogP contribution in [0.25, 0.3) is 33.2 Å². The molecule has 7 nitrogen and oxygen atoms in total. The van der Waals surface area contributed by atoms with Crippen LogP contribution < -0.4 is 10.9 Å². The van der Waals surface area contributed by atoms with Crippen molar-refractivity contribution in [1.29, 1.82) is 0 Å². The van der Waals surface area contributed by atoms with E-state index < -0.39 is 0 Å². The fourth-order valence-electron chi connectivity index (χ4n) is 3.97. The molecule has 2 heterocycles. The number of hydrogen-bond acceptors (Lipinski definition) is 4. The molecule has 32 heavy (non-hydrogen) atoms. The molecule has 0 radical (unpaired) electrons. The summed E-state index contributed by atoms with van der Waals surface area (Å²) >= 11 is 0. The van der Waals surface area contributed by atoms with E-state index in [0.717, 1.165) is 22.4 Å². The number of carbonyl (C=O) groups is 1. The Balaban J connectivity index is 1.37. The molecular formula is C25H21N5O2. The van der Waals surface area contributed by atoms with Crippen LogP contribution in [0, 0.1) is 0 Å². The third-order valence-corrected chi connectivity index (χ3v) is 5.58. The summed E-state index contributed by atoms with van der Waals surface area (Å²) in [6.45, 7) is 0. The minimum absolute atomic E-state index is 0.0706. The average molecular weight is 423 g/mol. The van der Waals surface area contributed by atoms with E-state index in [1.807, 2.05) is 67.7 Å². The third kappa shape index (κ3) is 3.43. The predicted octanol–water partition coefficient (Wildman–Crippen LogP) is 3.67. The van der Waals surface area contributed by atoms with Crippen molar-refractivity contribution in [2.45, 2.75) is 6.42 Å². The summed E-state index contributed by atoms with van der Waals surface area (Å²) in [6, 6.07) is 22.8. The SMILES string of the molecule is Cn1nc(CC(=O)Nc2ccc(-c3nc4ccccc4n3C)cc2)c2ccccc2c1=O. The standard InChI is InChI=1S/C25H21N5O2/c1-29-22-10-6-5-9-20(22)27-24(29)16-11-13-17(14-12-16)26-23(31)15-21-18-7-3-4-8-19(18)25(32)30(2)28-21/h3-14H,15H2,1-2H3,(H,26,31). The largest absolute Gasteiger partial charge is 0.327 e. The Morgan fingerprint density at radius 2 is 1.59 bits per heavy atom. The smallest absolute Gasteiger partial charge is 0.274 e. The highest BCUT2D eigenvalue weighted by molar-refractivity contribution is 5.95. The Hall–Kier alpha value is -4.26. The van der Waals surface area contributed by atoms with Crippen LogP contribution in [0.15, 0.2) is 77.6 Å². The van der Waals surface area contributed by atoms with Crippen LogP contribution in [-0.4, -0.2) is 25.2 Å². The van der Waals surface area contributed by atoms with Crippen LogP contribution >= 0.6 is 0 Å². The van der Waals surface area contributed by atoms with E-state index in [1.165, 1.54) is 4.68 Å². The van der Waals surface area contributed by atoms with Gasteiger partial charge in [0.1, 0.15) is 5.82 Å². The maximum Gasteiger partial charge on any atom is 0.274 e. The van der Waals surface area contributed by atoms with E-state index in [9.17, 15) is 9.59 Å². The monoisotopic (exact) mass is 423 g/mol. The van der Waals surface area contributed by atoms with E-state index in [1.54, 1.807) is 19.2 Å². The predicted molar refractivity (Wildman–Crippen MR) is 125 cm³/mol. The number of benzene rings is 3. The molecule has 158 valence electrons. The van der Waals surface area contributed by atoms with Crippen molar-refractivity contribution in [1.82, 2.24) is 19.3 Å². The summed E-state index contributed by atoms with van der Waals surface area (Å²) in [5, 5.41) is 8.47. The molecule has 0 unspecified atom stereocenters. The highest BCUT2D eigenvalue weighted by atomic mass is 16.1. The van der Waals surface area contributed by atoms with E-state index in [2.05, 4.69) is 15.0 Å². The summed E-state index contributed by atoms with van der Waals surface area (Å²) in [7, 11) is 3.58. The van der Waals surface area contributed by atoms with E-state index in [0.29, 0.717) is 22.2 Å². The van der Waals surface area contributed by atoms with E-state index >= 15 is 0 Å². The zero-order valence-electron chi connectivity index (χ0n) is 17.7. The van der Waals surface area contributed by atoms with Gasteiger partial charge in [0.25, 0.3) is 5.56 Å². The van der Waals surface area contributed by atoms with Gasteiger partial charge in [0.15, 0.2) is 0 Å². The Bertz CT molecular complexity index is 1530. The van der Waals surface area contributed by atoms with Gasteiger partial charge < -0.3 is 9.88 Å². The highest BCUT2D eigenvalue weighted by Gasteiger charge is 2.13. The fraction of sp³-hybridized carbons (Fsp3) is 0.120. The zero-order chi connectivity index (χ0) is 22.2. The van der Waals surface area contributed by atoms with Gasteiger partial charge in [-0.1, -0.05) is 30.3 Å². The van der Waals surface area contributed by atoms with Crippen LogP contribution in [0.1, 0.15) is 5.69 Å². The van der Waals surface area contributed by atoms with Crippen molar-refractivity contribution in [3.8, 4) is 11.4 Å². The molecule has 7 heteroatoms. The molecule has 0 saturated carbocycles. The summed E-state index contributed by atoms with van der Waals surface area (Å²) in [5.41, 5.74) is 4.05. The maximum absolute atomic E-state index is 12.7. The van der Waals surface area contributed by atoms with Crippen LogP contribution in [0.5, 0.6) is 0 Å². The van der Waals surface area contributed by atoms with Gasteiger partial charge in [-0.15, -0.1) is 0 Å². The molecule has 1 N–H and O–H groups in total. The normalized spacial score (nSPS) is 11.2. The van der Waals surface area contributed by atoms with Gasteiger partial charge in [0, 0.05) is 30.7 Å². The molecule has 0 aliphatic carbocycles. The maximum atomic E-state index is 12.7. The molecule has 1 amide bonds. The Morgan fingerprint density at radius 3 is 2.34 bits per heavy atom. The zero-order valence-corrected chi connectivity index (χ0v) is 17.7. The number of aryl methyl sites for hydroxylation is 2. The van der Waals surface area contributed by atoms with Crippen molar-refractivity contribution in [3.63, 3.8) is 0 Å². The van der Waals surface area contributed by atoms with Crippen molar-refractivity contribution >= 4 is 33.4 Å². The lowest BCUT2D eigenvalue weighted by Crippen LogP contribution is -2.24. The number of amides is 1. The Kier molecular flexibility index (Phi) is 4.78. The molecule has 5 rings (SSSR count). The molecule has 5 aromatic rings. The van der Waals surface area contributed by atoms with Gasteiger partial charge in [-0.05, 0) is 42.5 Å². The first-order chi connectivity index (χ1) is 15.5. The number of nitrogens with zero attached hydrogens (tertiary/aromatic N) is 4. The number of nitrogens with one attached hydrogen (secondary N) is 1. The molecular weight excluding hydrogens is 402 g/mol. The first-order valence-electron chi connectivity index (χ1n) is 10.3. The van der Waals surface area contributed by atoms with Gasteiger partial charge in [0.05, 0.1) is 28.5 Å². The average Bonchev–Trinajstić information content (AvgIpc) is 3.14. The summed E-state index contributed by atoms with van der Waals surface area (Å²) in [5.74, 6) is 0.668. The second-order valence-electron chi connectivity index (χ2n) is 7.71. The van der Waals surface area contributed by atoms with Crippen molar-refractivity contribution < 1.29 is 4.79 Å². The van der Waals surface area contributed by atoms with Crippen LogP contribution in [0.2, 0.25) is 0 Å². The van der Waals surface area contributed by atoms with E-state index in [4.69, 9.17) is 4.98 Å². The molecule has 0 aliphatic heterocycles. The molecule has 3 aromatic carbocycles. The van der Waals surface area contributed by atoms with E-state index in [-0.39, 0.29) is 17.9 Å². The second kappa shape index (κ2) is 7.77. The topological polar surface area (TPSA) is 81.8 Å². The lowest BCUT2D eigenvalue weighted by molar-refractivity contribution is -0.115. The quantitative estimate of drug-likeness (QED) is 0.478. The van der Waals surface area contributed by atoms with Crippen LogP contribution in [0.4, 0.5) is 5.69 Å². The number of aromatic nitrogens is 4. The lowest BCUT2D eigenvalue weighted by Gasteiger charge is -2.09. The number of para-hydroxylation sites is 2. The van der Waals surface area contributed by atoms with Gasteiger partial charge in [-0.3, -0.25) is 9.59 Å². The number of anilines is 1. The fourth-order valence-corrected chi connectivity index (χ4v) is 3.97. The summed E-state index contributed by atoms with van der Waals surface area (Å²) < 4.78 is 3.33. The third-order valence-electron chi connectivity index (χ3n) is 5.58. The molecule has 0 bridgehead atoms. The highest BCUT2D eigenvalue weighted by Crippen LogP contribution is 2.25. The minimum Gasteiger partial charge on any atom is -0.327 e. The molecule has 0 spiro atoms. The van der Waals surface area contributed by atoms with Crippen LogP contribution in [0.3, 0.4) is 0 Å². The molecule has 0 atom stereocenters. The molecule has 0 saturated heterocycles. The van der Waals surface area contributed by atoms with Gasteiger partial charge >= 0.3 is 0 Å². The van der Waals surface area contributed by atoms with Crippen LogP contribution in [-0.2, 0) is 25.3 Å². The number of carbonyl (C=O) groups excluding carboxylic acids is 1.